The first-order chi connectivity index (χ1) is 11.4. The van der Waals surface area contributed by atoms with Crippen molar-refractivity contribution in [2.45, 2.75) is 73.1 Å². The van der Waals surface area contributed by atoms with Gasteiger partial charge in [0.2, 0.25) is 11.8 Å². The lowest BCUT2D eigenvalue weighted by atomic mass is 9.98. The molecule has 0 unspecified atom stereocenters. The Kier molecular flexibility index (Phi) is 8.94. The quantitative estimate of drug-likeness (QED) is 0.731. The van der Waals surface area contributed by atoms with Crippen molar-refractivity contribution < 1.29 is 19.1 Å². The van der Waals surface area contributed by atoms with Crippen molar-refractivity contribution >= 4 is 17.9 Å². The van der Waals surface area contributed by atoms with Crippen LogP contribution in [0, 0.1) is 11.8 Å². The molecule has 0 bridgehead atoms. The van der Waals surface area contributed by atoms with Crippen LogP contribution in [0.3, 0.4) is 0 Å². The Morgan fingerprint density at radius 1 is 1.00 bits per heavy atom. The van der Waals surface area contributed by atoms with E-state index in [0.29, 0.717) is 6.54 Å². The molecule has 2 N–H and O–H groups in total. The van der Waals surface area contributed by atoms with Gasteiger partial charge >= 0.3 is 6.09 Å². The van der Waals surface area contributed by atoms with Gasteiger partial charge < -0.3 is 15.4 Å². The van der Waals surface area contributed by atoms with Crippen LogP contribution >= 0.6 is 0 Å². The van der Waals surface area contributed by atoms with Gasteiger partial charge in [-0.05, 0) is 39.5 Å². The molecule has 0 saturated heterocycles. The molecule has 0 rings (SSSR count). The monoisotopic (exact) mass is 357 g/mol. The SMILES string of the molecule is CCN(C(=O)OC(C)(C)C)[C@H](C(=O)N[C@H](C(=O)NC)C(C)C)C(C)C. The van der Waals surface area contributed by atoms with Gasteiger partial charge in [-0.1, -0.05) is 27.7 Å². The number of carbonyl (C=O) groups excluding carboxylic acids is 3. The van der Waals surface area contributed by atoms with E-state index in [0.717, 1.165) is 0 Å². The highest BCUT2D eigenvalue weighted by Crippen LogP contribution is 2.17. The van der Waals surface area contributed by atoms with Crippen LogP contribution in [0.15, 0.2) is 0 Å². The van der Waals surface area contributed by atoms with Crippen molar-refractivity contribution in [3.05, 3.63) is 0 Å². The van der Waals surface area contributed by atoms with Crippen LogP contribution in [-0.2, 0) is 14.3 Å². The summed E-state index contributed by atoms with van der Waals surface area (Å²) in [4.78, 5) is 38.8. The molecule has 3 amide bonds. The molecule has 0 radical (unpaired) electrons. The van der Waals surface area contributed by atoms with Gasteiger partial charge in [-0.3, -0.25) is 14.5 Å². The lowest BCUT2D eigenvalue weighted by Gasteiger charge is -2.35. The number of nitrogens with zero attached hydrogens (tertiary/aromatic N) is 1. The van der Waals surface area contributed by atoms with Crippen molar-refractivity contribution in [1.82, 2.24) is 15.5 Å². The molecule has 0 aromatic heterocycles. The third kappa shape index (κ3) is 7.32. The molecule has 25 heavy (non-hydrogen) atoms. The second-order valence-electron chi connectivity index (χ2n) is 7.80. The number of rotatable bonds is 7. The van der Waals surface area contributed by atoms with Crippen LogP contribution in [0.25, 0.3) is 0 Å². The largest absolute Gasteiger partial charge is 0.444 e. The lowest BCUT2D eigenvalue weighted by Crippen LogP contribution is -2.58. The molecule has 146 valence electrons. The zero-order valence-electron chi connectivity index (χ0n) is 17.1. The fourth-order valence-corrected chi connectivity index (χ4v) is 2.49. The molecule has 0 aromatic carbocycles. The maximum Gasteiger partial charge on any atom is 0.410 e. The molecule has 7 heteroatoms. The van der Waals surface area contributed by atoms with Crippen LogP contribution < -0.4 is 10.6 Å². The standard InChI is InChI=1S/C18H35N3O4/c1-10-21(17(24)25-18(6,7)8)14(12(4)5)16(23)20-13(11(2)3)15(22)19-9/h11-14H,10H2,1-9H3,(H,19,22)(H,20,23)/t13-,14-/m0/s1. The average molecular weight is 357 g/mol. The Morgan fingerprint density at radius 3 is 1.84 bits per heavy atom. The van der Waals surface area contributed by atoms with Gasteiger partial charge in [0.15, 0.2) is 0 Å². The third-order valence-electron chi connectivity index (χ3n) is 3.70. The smallest absolute Gasteiger partial charge is 0.410 e. The Balaban J connectivity index is 5.45. The first-order valence-corrected chi connectivity index (χ1v) is 8.87. The molecule has 0 fully saturated rings. The van der Waals surface area contributed by atoms with Crippen LogP contribution in [0.5, 0.6) is 0 Å². The Hall–Kier alpha value is -1.79. The summed E-state index contributed by atoms with van der Waals surface area (Å²) in [6.07, 6.45) is -0.537. The van der Waals surface area contributed by atoms with Gasteiger partial charge in [0.05, 0.1) is 0 Å². The number of hydrogen-bond donors (Lipinski definition) is 2. The first-order valence-electron chi connectivity index (χ1n) is 8.87. The number of hydrogen-bond acceptors (Lipinski definition) is 4. The molecule has 0 heterocycles. The van der Waals surface area contributed by atoms with Crippen molar-refractivity contribution in [3.63, 3.8) is 0 Å². The van der Waals surface area contributed by atoms with Crippen LogP contribution in [0.2, 0.25) is 0 Å². The molecule has 0 aromatic rings. The minimum Gasteiger partial charge on any atom is -0.444 e. The third-order valence-corrected chi connectivity index (χ3v) is 3.70. The van der Waals surface area contributed by atoms with Crippen LogP contribution in [0.4, 0.5) is 4.79 Å². The number of ether oxygens (including phenoxy) is 1. The summed E-state index contributed by atoms with van der Waals surface area (Å²) in [5.41, 5.74) is -0.648. The minimum absolute atomic E-state index is 0.0756. The minimum atomic E-state index is -0.717. The number of likely N-dealkylation sites (N-methyl/N-ethyl adjacent to an activating group) is 2. The molecular weight excluding hydrogens is 322 g/mol. The summed E-state index contributed by atoms with van der Waals surface area (Å²) in [7, 11) is 1.53. The molecule has 0 aliphatic heterocycles. The predicted octanol–water partition coefficient (Wildman–Crippen LogP) is 2.15. The van der Waals surface area contributed by atoms with E-state index < -0.39 is 23.8 Å². The van der Waals surface area contributed by atoms with E-state index in [1.54, 1.807) is 27.7 Å². The summed E-state index contributed by atoms with van der Waals surface area (Å²) in [6.45, 7) is 14.9. The zero-order chi connectivity index (χ0) is 19.9. The fraction of sp³-hybridized carbons (Fsp3) is 0.833. The highest BCUT2D eigenvalue weighted by molar-refractivity contribution is 5.91. The molecule has 0 aliphatic rings. The highest BCUT2D eigenvalue weighted by atomic mass is 16.6. The van der Waals surface area contributed by atoms with Gasteiger partial charge in [-0.15, -0.1) is 0 Å². The van der Waals surface area contributed by atoms with Crippen molar-refractivity contribution in [1.29, 1.82) is 0 Å². The molecule has 0 spiro atoms. The van der Waals surface area contributed by atoms with Gasteiger partial charge in [-0.25, -0.2) is 4.79 Å². The van der Waals surface area contributed by atoms with Gasteiger partial charge in [0, 0.05) is 13.6 Å². The summed E-state index contributed by atoms with van der Waals surface area (Å²) < 4.78 is 5.42. The summed E-state index contributed by atoms with van der Waals surface area (Å²) >= 11 is 0. The maximum atomic E-state index is 12.8. The van der Waals surface area contributed by atoms with E-state index in [9.17, 15) is 14.4 Å². The van der Waals surface area contributed by atoms with Crippen LogP contribution in [-0.4, -0.2) is 54.1 Å². The summed E-state index contributed by atoms with van der Waals surface area (Å²) in [5, 5.41) is 5.34. The Labute approximate surface area is 151 Å². The first kappa shape index (κ1) is 23.2. The molecule has 2 atom stereocenters. The van der Waals surface area contributed by atoms with Gasteiger partial charge in [0.25, 0.3) is 0 Å². The van der Waals surface area contributed by atoms with E-state index in [2.05, 4.69) is 10.6 Å². The number of amides is 3. The molecule has 7 nitrogen and oxygen atoms in total. The fourth-order valence-electron chi connectivity index (χ4n) is 2.49. The average Bonchev–Trinajstić information content (AvgIpc) is 2.46. The van der Waals surface area contributed by atoms with Crippen LogP contribution in [0.1, 0.15) is 55.4 Å². The maximum absolute atomic E-state index is 12.8. The lowest BCUT2D eigenvalue weighted by molar-refractivity contribution is -0.133. The number of carbonyl (C=O) groups is 3. The van der Waals surface area contributed by atoms with E-state index in [1.165, 1.54) is 11.9 Å². The van der Waals surface area contributed by atoms with Gasteiger partial charge in [-0.2, -0.15) is 0 Å². The summed E-state index contributed by atoms with van der Waals surface area (Å²) in [5.74, 6) is -0.825. The van der Waals surface area contributed by atoms with Gasteiger partial charge in [0.1, 0.15) is 17.7 Å². The predicted molar refractivity (Wildman–Crippen MR) is 98.1 cm³/mol. The molecular formula is C18H35N3O4. The Morgan fingerprint density at radius 2 is 1.52 bits per heavy atom. The van der Waals surface area contributed by atoms with Crippen molar-refractivity contribution in [2.24, 2.45) is 11.8 Å². The van der Waals surface area contributed by atoms with E-state index >= 15 is 0 Å². The normalized spacial score (nSPS) is 14.0. The summed E-state index contributed by atoms with van der Waals surface area (Å²) in [6, 6.07) is -1.37. The second-order valence-corrected chi connectivity index (χ2v) is 7.80. The topological polar surface area (TPSA) is 87.7 Å². The molecule has 0 aliphatic carbocycles. The highest BCUT2D eigenvalue weighted by Gasteiger charge is 2.36. The zero-order valence-corrected chi connectivity index (χ0v) is 17.1. The van der Waals surface area contributed by atoms with E-state index in [-0.39, 0.29) is 23.7 Å². The van der Waals surface area contributed by atoms with Crippen molar-refractivity contribution in [2.75, 3.05) is 13.6 Å². The molecule has 0 saturated carbocycles. The Bertz CT molecular complexity index is 469. The van der Waals surface area contributed by atoms with E-state index in [1.807, 2.05) is 27.7 Å². The van der Waals surface area contributed by atoms with E-state index in [4.69, 9.17) is 4.74 Å². The van der Waals surface area contributed by atoms with Crippen molar-refractivity contribution in [3.8, 4) is 0 Å². The number of nitrogens with one attached hydrogen (secondary N) is 2. The second kappa shape index (κ2) is 9.63.